The highest BCUT2D eigenvalue weighted by Gasteiger charge is 2.44. The van der Waals surface area contributed by atoms with Gasteiger partial charge in [-0.2, -0.15) is 0 Å². The van der Waals surface area contributed by atoms with Gasteiger partial charge in [-0.1, -0.05) is 206 Å². The number of carbonyl (C=O) groups excluding carboxylic acids is 2. The summed E-state index contributed by atoms with van der Waals surface area (Å²) in [5, 5.41) is 0. The van der Waals surface area contributed by atoms with Gasteiger partial charge in [0.2, 0.25) is 0 Å². The molecular formula is C56H40O6. The third-order valence-electron chi connectivity index (χ3n) is 10.6. The summed E-state index contributed by atoms with van der Waals surface area (Å²) in [5.41, 5.74) is 8.15. The van der Waals surface area contributed by atoms with Gasteiger partial charge in [0.15, 0.2) is 0 Å². The zero-order chi connectivity index (χ0) is 42.2. The normalized spacial score (nSPS) is 17.1. The van der Waals surface area contributed by atoms with Gasteiger partial charge < -0.3 is 18.9 Å². The Kier molecular flexibility index (Phi) is 11.1. The molecule has 0 unspecified atom stereocenters. The molecule has 300 valence electrons. The summed E-state index contributed by atoms with van der Waals surface area (Å²) in [4.78, 5) is 26.0. The Morgan fingerprint density at radius 2 is 0.565 bits per heavy atom. The maximum Gasteiger partial charge on any atom is 0.345 e. The fraction of sp³-hybridized carbons (Fsp3) is 0.0357. The summed E-state index contributed by atoms with van der Waals surface area (Å²) in [7, 11) is 0. The minimum Gasteiger partial charge on any atom is -0.444 e. The average molecular weight is 809 g/mol. The predicted molar refractivity (Wildman–Crippen MR) is 241 cm³/mol. The molecule has 0 N–H and O–H groups in total. The first-order chi connectivity index (χ1) is 30.5. The highest BCUT2D eigenvalue weighted by atomic mass is 16.7. The molecule has 6 nitrogen and oxygen atoms in total. The lowest BCUT2D eigenvalue weighted by Crippen LogP contribution is -2.40. The zero-order valence-corrected chi connectivity index (χ0v) is 33.5. The second-order valence-electron chi connectivity index (χ2n) is 14.6. The van der Waals surface area contributed by atoms with E-state index in [1.165, 1.54) is 0 Å². The van der Waals surface area contributed by atoms with Gasteiger partial charge in [-0.15, -0.1) is 0 Å². The van der Waals surface area contributed by atoms with Crippen LogP contribution in [0.1, 0.15) is 54.1 Å². The van der Waals surface area contributed by atoms with Crippen LogP contribution in [0.25, 0.3) is 11.1 Å². The van der Waals surface area contributed by atoms with Crippen molar-refractivity contribution in [1.82, 2.24) is 0 Å². The van der Waals surface area contributed by atoms with Crippen molar-refractivity contribution in [3.8, 4) is 11.5 Å². The second kappa shape index (κ2) is 17.6. The van der Waals surface area contributed by atoms with Crippen LogP contribution in [0.3, 0.4) is 0 Å². The van der Waals surface area contributed by atoms with E-state index in [1.54, 1.807) is 36.4 Å². The van der Waals surface area contributed by atoms with Crippen LogP contribution < -0.4 is 9.47 Å². The van der Waals surface area contributed by atoms with Gasteiger partial charge >= 0.3 is 23.5 Å². The van der Waals surface area contributed by atoms with E-state index in [-0.39, 0.29) is 0 Å². The van der Waals surface area contributed by atoms with Gasteiger partial charge in [-0.3, -0.25) is 0 Å². The van der Waals surface area contributed by atoms with Crippen LogP contribution in [0, 0.1) is 0 Å². The number of ether oxygens (including phenoxy) is 4. The minimum atomic E-state index is -1.40. The summed E-state index contributed by atoms with van der Waals surface area (Å²) >= 11 is 0. The van der Waals surface area contributed by atoms with Crippen LogP contribution in [-0.2, 0) is 21.0 Å². The molecule has 2 heterocycles. The fourth-order valence-corrected chi connectivity index (χ4v) is 7.58. The molecule has 0 aliphatic carbocycles. The molecule has 0 saturated carbocycles. The lowest BCUT2D eigenvalue weighted by Gasteiger charge is -2.36. The molecular weight excluding hydrogens is 769 g/mol. The summed E-state index contributed by atoms with van der Waals surface area (Å²) in [5.74, 6) is -2.62. The Balaban J connectivity index is 0.000000158. The van der Waals surface area contributed by atoms with E-state index in [2.05, 4.69) is 0 Å². The monoisotopic (exact) mass is 808 g/mol. The lowest BCUT2D eigenvalue weighted by atomic mass is 9.92. The molecule has 8 aromatic carbocycles. The van der Waals surface area contributed by atoms with Crippen LogP contribution >= 0.6 is 0 Å². The Labute approximate surface area is 360 Å². The van der Waals surface area contributed by atoms with E-state index in [1.807, 2.05) is 206 Å². The molecule has 0 fully saturated rings. The molecule has 0 saturated heterocycles. The Bertz CT molecular complexity index is 2580. The van der Waals surface area contributed by atoms with Crippen LogP contribution in [-0.4, -0.2) is 11.9 Å². The minimum absolute atomic E-state index is 0.414. The molecule has 62 heavy (non-hydrogen) atoms. The highest BCUT2D eigenvalue weighted by Crippen LogP contribution is 2.43. The Morgan fingerprint density at radius 3 is 0.871 bits per heavy atom. The van der Waals surface area contributed by atoms with Crippen molar-refractivity contribution in [3.63, 3.8) is 0 Å². The van der Waals surface area contributed by atoms with Crippen molar-refractivity contribution in [1.29, 1.82) is 0 Å². The predicted octanol–water partition coefficient (Wildman–Crippen LogP) is 12.4. The van der Waals surface area contributed by atoms with Crippen molar-refractivity contribution < 1.29 is 28.5 Å². The summed E-state index contributed by atoms with van der Waals surface area (Å²) in [6.07, 6.45) is 3.81. The number of cyclic esters (lactones) is 2. The number of carbonyl (C=O) groups is 2. The van der Waals surface area contributed by atoms with E-state index in [4.69, 9.17) is 18.9 Å². The summed E-state index contributed by atoms with van der Waals surface area (Å²) in [6, 6.07) is 73.6. The molecule has 0 radical (unpaired) electrons. The number of benzene rings is 8. The first kappa shape index (κ1) is 39.3. The van der Waals surface area contributed by atoms with Crippen LogP contribution in [0.2, 0.25) is 0 Å². The third-order valence-corrected chi connectivity index (χ3v) is 10.6. The number of fused-ring (bicyclic) bond motifs is 2. The highest BCUT2D eigenvalue weighted by molar-refractivity contribution is 5.95. The van der Waals surface area contributed by atoms with Crippen LogP contribution in [0.15, 0.2) is 243 Å². The van der Waals surface area contributed by atoms with Gasteiger partial charge in [-0.25, -0.2) is 9.59 Å². The molecule has 10 rings (SSSR count). The summed E-state index contributed by atoms with van der Waals surface area (Å²) < 4.78 is 24.9. The maximum absolute atomic E-state index is 13.0. The molecule has 0 aromatic heterocycles. The van der Waals surface area contributed by atoms with Gasteiger partial charge in [0.1, 0.15) is 22.6 Å². The van der Waals surface area contributed by atoms with Crippen molar-refractivity contribution in [2.75, 3.05) is 0 Å². The number of rotatable bonds is 8. The van der Waals surface area contributed by atoms with E-state index < -0.39 is 23.5 Å². The third kappa shape index (κ3) is 8.18. The SMILES string of the molecule is O=C1O[C@@](C=C(c2ccccc2)c2ccccc2)(c2ccccc2)Oc2ccccc21.O=C1O[C@@](C=C(c2ccccc2)c2ccccc2)(c2ccccc2)Oc2ccccc21. The Morgan fingerprint density at radius 1 is 0.306 bits per heavy atom. The van der Waals surface area contributed by atoms with Crippen LogP contribution in [0.4, 0.5) is 0 Å². The molecule has 0 bridgehead atoms. The molecule has 2 aliphatic rings. The standard InChI is InChI=1S/2C28H20O3/c2*29-27-24-18-10-11-19-26(24)30-28(31-27,23-16-8-3-9-17-23)20-25(21-12-4-1-5-13-21)22-14-6-2-7-15-22/h2*1-20H/t2*28-/m00/s1. The van der Waals surface area contributed by atoms with E-state index in [9.17, 15) is 9.59 Å². The topological polar surface area (TPSA) is 71.1 Å². The quantitative estimate of drug-likeness (QED) is 0.142. The number of para-hydroxylation sites is 2. The molecule has 8 aromatic rings. The number of hydrogen-bond acceptors (Lipinski definition) is 6. The zero-order valence-electron chi connectivity index (χ0n) is 33.5. The van der Waals surface area contributed by atoms with Crippen molar-refractivity contribution >= 4 is 23.1 Å². The lowest BCUT2D eigenvalue weighted by molar-refractivity contribution is -0.125. The van der Waals surface area contributed by atoms with Gasteiger partial charge in [0.25, 0.3) is 0 Å². The first-order valence-electron chi connectivity index (χ1n) is 20.3. The smallest absolute Gasteiger partial charge is 0.345 e. The van der Waals surface area contributed by atoms with Gasteiger partial charge in [0.05, 0.1) is 0 Å². The average Bonchev–Trinajstić information content (AvgIpc) is 3.34. The molecule has 2 aliphatic heterocycles. The van der Waals surface area contributed by atoms with Crippen molar-refractivity contribution in [2.45, 2.75) is 11.6 Å². The van der Waals surface area contributed by atoms with Gasteiger partial charge in [-0.05, 0) is 57.7 Å². The number of esters is 2. The van der Waals surface area contributed by atoms with Crippen LogP contribution in [0.5, 0.6) is 11.5 Å². The number of hydrogen-bond donors (Lipinski definition) is 0. The van der Waals surface area contributed by atoms with Gasteiger partial charge in [0, 0.05) is 23.3 Å². The fourth-order valence-electron chi connectivity index (χ4n) is 7.58. The second-order valence-corrected chi connectivity index (χ2v) is 14.6. The van der Waals surface area contributed by atoms with E-state index in [0.717, 1.165) is 44.5 Å². The molecule has 0 spiro atoms. The maximum atomic E-state index is 13.0. The van der Waals surface area contributed by atoms with E-state index in [0.29, 0.717) is 22.6 Å². The molecule has 2 atom stereocenters. The Hall–Kier alpha value is -8.22. The first-order valence-corrected chi connectivity index (χ1v) is 20.3. The summed E-state index contributed by atoms with van der Waals surface area (Å²) in [6.45, 7) is 0. The molecule has 0 amide bonds. The largest absolute Gasteiger partial charge is 0.444 e. The molecule has 6 heteroatoms. The van der Waals surface area contributed by atoms with E-state index >= 15 is 0 Å². The van der Waals surface area contributed by atoms with Crippen molar-refractivity contribution in [3.05, 3.63) is 287 Å². The van der Waals surface area contributed by atoms with Crippen molar-refractivity contribution in [2.24, 2.45) is 0 Å².